The van der Waals surface area contributed by atoms with Gasteiger partial charge in [0.1, 0.15) is 0 Å². The summed E-state index contributed by atoms with van der Waals surface area (Å²) < 4.78 is 4.95. The smallest absolute Gasteiger partial charge is 0.311 e. The Morgan fingerprint density at radius 1 is 1.17 bits per heavy atom. The Morgan fingerprint density at radius 2 is 1.83 bits per heavy atom. The molecule has 6 nitrogen and oxygen atoms in total. The van der Waals surface area contributed by atoms with Crippen molar-refractivity contribution in [3.63, 3.8) is 0 Å². The average molecular weight is 328 g/mol. The van der Waals surface area contributed by atoms with E-state index in [4.69, 9.17) is 4.74 Å². The number of hydrogen-bond donors (Lipinski definition) is 1. The number of anilines is 1. The number of carbonyl (C=O) groups is 1. The fraction of sp³-hybridized carbons (Fsp3) is 0.278. The number of methoxy groups -OCH3 is 1. The fourth-order valence-electron chi connectivity index (χ4n) is 2.41. The number of carbonyl (C=O) groups excluding carboxylic acids is 1. The highest BCUT2D eigenvalue weighted by atomic mass is 16.6. The molecule has 0 heterocycles. The first-order chi connectivity index (χ1) is 11.2. The highest BCUT2D eigenvalue weighted by molar-refractivity contribution is 6.05. The number of amides is 1. The van der Waals surface area contributed by atoms with Gasteiger partial charge in [-0.1, -0.05) is 39.0 Å². The predicted octanol–water partition coefficient (Wildman–Crippen LogP) is 4.15. The summed E-state index contributed by atoms with van der Waals surface area (Å²) in [5.74, 6) is -0.288. The molecule has 0 aromatic heterocycles. The Morgan fingerprint density at radius 3 is 2.42 bits per heavy atom. The first-order valence-electron chi connectivity index (χ1n) is 7.47. The summed E-state index contributed by atoms with van der Waals surface area (Å²) in [5, 5.41) is 13.9. The lowest BCUT2D eigenvalue weighted by atomic mass is 9.86. The Hall–Kier alpha value is -2.89. The van der Waals surface area contributed by atoms with E-state index in [1.165, 1.54) is 25.3 Å². The zero-order valence-corrected chi connectivity index (χ0v) is 14.1. The lowest BCUT2D eigenvalue weighted by molar-refractivity contribution is -0.385. The lowest BCUT2D eigenvalue weighted by Gasteiger charge is -2.23. The largest absolute Gasteiger partial charge is 0.490 e. The third-order valence-electron chi connectivity index (χ3n) is 3.62. The molecule has 0 unspecified atom stereocenters. The topological polar surface area (TPSA) is 81.5 Å². The molecule has 0 spiro atoms. The van der Waals surface area contributed by atoms with Crippen LogP contribution in [-0.2, 0) is 5.41 Å². The van der Waals surface area contributed by atoms with Crippen molar-refractivity contribution in [2.45, 2.75) is 26.2 Å². The van der Waals surface area contributed by atoms with Crippen molar-refractivity contribution < 1.29 is 14.5 Å². The molecule has 0 aliphatic carbocycles. The number of nitro benzene ring substituents is 1. The average Bonchev–Trinajstić information content (AvgIpc) is 2.53. The maximum Gasteiger partial charge on any atom is 0.311 e. The maximum absolute atomic E-state index is 12.5. The molecule has 24 heavy (non-hydrogen) atoms. The highest BCUT2D eigenvalue weighted by Crippen LogP contribution is 2.31. The number of nitrogens with zero attached hydrogens (tertiary/aromatic N) is 1. The second-order valence-electron chi connectivity index (χ2n) is 6.39. The quantitative estimate of drug-likeness (QED) is 0.675. The van der Waals surface area contributed by atoms with Crippen LogP contribution in [0.4, 0.5) is 11.4 Å². The van der Waals surface area contributed by atoms with Crippen molar-refractivity contribution in [1.29, 1.82) is 0 Å². The Kier molecular flexibility index (Phi) is 4.87. The van der Waals surface area contributed by atoms with E-state index >= 15 is 0 Å². The van der Waals surface area contributed by atoms with Gasteiger partial charge in [0.05, 0.1) is 12.0 Å². The summed E-state index contributed by atoms with van der Waals surface area (Å²) in [6.45, 7) is 6.16. The van der Waals surface area contributed by atoms with Crippen LogP contribution in [0.1, 0.15) is 36.7 Å². The van der Waals surface area contributed by atoms with E-state index in [0.29, 0.717) is 5.69 Å². The summed E-state index contributed by atoms with van der Waals surface area (Å²) in [4.78, 5) is 23.0. The Bertz CT molecular complexity index is 779. The van der Waals surface area contributed by atoms with Gasteiger partial charge in [-0.3, -0.25) is 14.9 Å². The number of nitrogens with one attached hydrogen (secondary N) is 1. The normalized spacial score (nSPS) is 11.0. The van der Waals surface area contributed by atoms with Crippen molar-refractivity contribution in [1.82, 2.24) is 0 Å². The third kappa shape index (κ3) is 3.71. The summed E-state index contributed by atoms with van der Waals surface area (Å²) in [6.07, 6.45) is 0. The molecule has 0 aliphatic heterocycles. The molecule has 0 bridgehead atoms. The van der Waals surface area contributed by atoms with Gasteiger partial charge < -0.3 is 10.1 Å². The van der Waals surface area contributed by atoms with Gasteiger partial charge in [-0.25, -0.2) is 0 Å². The first-order valence-corrected chi connectivity index (χ1v) is 7.47. The Labute approximate surface area is 140 Å². The molecule has 0 fully saturated rings. The van der Waals surface area contributed by atoms with Crippen LogP contribution >= 0.6 is 0 Å². The van der Waals surface area contributed by atoms with E-state index in [-0.39, 0.29) is 22.4 Å². The molecule has 2 aromatic rings. The number of benzene rings is 2. The minimum Gasteiger partial charge on any atom is -0.490 e. The fourth-order valence-corrected chi connectivity index (χ4v) is 2.41. The van der Waals surface area contributed by atoms with Crippen molar-refractivity contribution in [2.24, 2.45) is 0 Å². The van der Waals surface area contributed by atoms with Gasteiger partial charge in [0, 0.05) is 17.3 Å². The highest BCUT2D eigenvalue weighted by Gasteiger charge is 2.21. The SMILES string of the molecule is COc1ccc(C(=O)Nc2ccccc2C(C)(C)C)cc1[N+](=O)[O-]. The number of para-hydroxylation sites is 1. The zero-order chi connectivity index (χ0) is 17.9. The van der Waals surface area contributed by atoms with Gasteiger partial charge in [-0.2, -0.15) is 0 Å². The molecular weight excluding hydrogens is 308 g/mol. The summed E-state index contributed by atoms with van der Waals surface area (Å²) in [5.41, 5.74) is 1.49. The minimum atomic E-state index is -0.571. The number of hydrogen-bond acceptors (Lipinski definition) is 4. The van der Waals surface area contributed by atoms with Crippen molar-refractivity contribution >= 4 is 17.3 Å². The third-order valence-corrected chi connectivity index (χ3v) is 3.62. The summed E-state index contributed by atoms with van der Waals surface area (Å²) in [7, 11) is 1.35. The molecule has 0 saturated carbocycles. The number of ether oxygens (including phenoxy) is 1. The molecule has 0 radical (unpaired) electrons. The monoisotopic (exact) mass is 328 g/mol. The standard InChI is InChI=1S/C18H20N2O4/c1-18(2,3)13-7-5-6-8-14(13)19-17(21)12-9-10-16(24-4)15(11-12)20(22)23/h5-11H,1-4H3,(H,19,21). The van der Waals surface area contributed by atoms with Gasteiger partial charge in [0.25, 0.3) is 5.91 Å². The maximum atomic E-state index is 12.5. The molecular formula is C18H20N2O4. The van der Waals surface area contributed by atoms with Crippen LogP contribution in [0, 0.1) is 10.1 Å². The molecule has 2 rings (SSSR count). The van der Waals surface area contributed by atoms with E-state index in [2.05, 4.69) is 26.1 Å². The van der Waals surface area contributed by atoms with E-state index in [1.54, 1.807) is 0 Å². The lowest BCUT2D eigenvalue weighted by Crippen LogP contribution is -2.18. The van der Waals surface area contributed by atoms with Gasteiger partial charge in [-0.05, 0) is 29.2 Å². The van der Waals surface area contributed by atoms with Gasteiger partial charge in [0.2, 0.25) is 0 Å². The van der Waals surface area contributed by atoms with E-state index in [9.17, 15) is 14.9 Å². The molecule has 6 heteroatoms. The zero-order valence-electron chi connectivity index (χ0n) is 14.1. The second-order valence-corrected chi connectivity index (χ2v) is 6.39. The van der Waals surface area contributed by atoms with Crippen LogP contribution < -0.4 is 10.1 Å². The van der Waals surface area contributed by atoms with E-state index in [1.807, 2.05) is 24.3 Å². The summed E-state index contributed by atoms with van der Waals surface area (Å²) in [6, 6.07) is 11.6. The first kappa shape index (κ1) is 17.5. The van der Waals surface area contributed by atoms with E-state index in [0.717, 1.165) is 5.56 Å². The number of nitro groups is 1. The van der Waals surface area contributed by atoms with Crippen LogP contribution in [0.3, 0.4) is 0 Å². The van der Waals surface area contributed by atoms with Gasteiger partial charge in [-0.15, -0.1) is 0 Å². The summed E-state index contributed by atoms with van der Waals surface area (Å²) >= 11 is 0. The van der Waals surface area contributed by atoms with E-state index < -0.39 is 10.8 Å². The van der Waals surface area contributed by atoms with Crippen molar-refractivity contribution in [3.05, 3.63) is 63.7 Å². The van der Waals surface area contributed by atoms with Crippen LogP contribution in [0.25, 0.3) is 0 Å². The number of rotatable bonds is 4. The predicted molar refractivity (Wildman–Crippen MR) is 92.7 cm³/mol. The molecule has 0 saturated heterocycles. The minimum absolute atomic E-state index is 0.117. The van der Waals surface area contributed by atoms with Crippen LogP contribution in [0.2, 0.25) is 0 Å². The molecule has 2 aromatic carbocycles. The van der Waals surface area contributed by atoms with Gasteiger partial charge >= 0.3 is 5.69 Å². The van der Waals surface area contributed by atoms with Crippen molar-refractivity contribution in [3.8, 4) is 5.75 Å². The van der Waals surface area contributed by atoms with Crippen LogP contribution in [-0.4, -0.2) is 17.9 Å². The second kappa shape index (κ2) is 6.70. The van der Waals surface area contributed by atoms with Crippen molar-refractivity contribution in [2.75, 3.05) is 12.4 Å². The molecule has 1 amide bonds. The van der Waals surface area contributed by atoms with Crippen LogP contribution in [0.15, 0.2) is 42.5 Å². The molecule has 1 N–H and O–H groups in total. The molecule has 0 atom stereocenters. The molecule has 0 aliphatic rings. The van der Waals surface area contributed by atoms with Crippen LogP contribution in [0.5, 0.6) is 5.75 Å². The molecule has 126 valence electrons. The Balaban J connectivity index is 2.35. The van der Waals surface area contributed by atoms with Gasteiger partial charge in [0.15, 0.2) is 5.75 Å².